The van der Waals surface area contributed by atoms with Gasteiger partial charge in [-0.3, -0.25) is 11.3 Å². The molecule has 4 heteroatoms. The molecule has 1 aromatic rings. The van der Waals surface area contributed by atoms with Gasteiger partial charge in [-0.25, -0.2) is 0 Å². The maximum atomic E-state index is 5.39. The van der Waals surface area contributed by atoms with Gasteiger partial charge in [-0.05, 0) is 17.7 Å². The number of hydrogen-bond donors (Lipinski definition) is 2. The molecule has 0 spiro atoms. The monoisotopic (exact) mass is 188 g/mol. The van der Waals surface area contributed by atoms with Crippen molar-refractivity contribution in [3.8, 4) is 0 Å². The Morgan fingerprint density at radius 1 is 1.82 bits per heavy atom. The van der Waals surface area contributed by atoms with Gasteiger partial charge in [0.2, 0.25) is 0 Å². The minimum atomic E-state index is 0.310. The number of nitrogens with two attached hydrogens (primary N) is 1. The highest BCUT2D eigenvalue weighted by molar-refractivity contribution is 7.98. The molecule has 0 aliphatic carbocycles. The minimum absolute atomic E-state index is 0.310. The van der Waals surface area contributed by atoms with E-state index in [1.165, 1.54) is 4.88 Å². The van der Waals surface area contributed by atoms with Crippen LogP contribution >= 0.6 is 23.1 Å². The van der Waals surface area contributed by atoms with Crippen LogP contribution < -0.4 is 11.3 Å². The molecule has 0 radical (unpaired) electrons. The van der Waals surface area contributed by atoms with Crippen LogP contribution in [0.1, 0.15) is 10.9 Å². The second kappa shape index (κ2) is 4.77. The highest BCUT2D eigenvalue weighted by Crippen LogP contribution is 2.20. The predicted octanol–water partition coefficient (Wildman–Crippen LogP) is 1.62. The van der Waals surface area contributed by atoms with Gasteiger partial charge >= 0.3 is 0 Å². The van der Waals surface area contributed by atoms with E-state index >= 15 is 0 Å². The third kappa shape index (κ3) is 2.48. The first-order valence-corrected chi connectivity index (χ1v) is 5.64. The van der Waals surface area contributed by atoms with Gasteiger partial charge in [-0.15, -0.1) is 11.3 Å². The zero-order valence-corrected chi connectivity index (χ0v) is 8.04. The molecule has 1 heterocycles. The Labute approximate surface area is 75.1 Å². The van der Waals surface area contributed by atoms with E-state index in [1.807, 2.05) is 6.07 Å². The van der Waals surface area contributed by atoms with E-state index in [9.17, 15) is 0 Å². The molecular formula is C7H12N2S2. The van der Waals surface area contributed by atoms with Gasteiger partial charge in [0, 0.05) is 10.6 Å². The van der Waals surface area contributed by atoms with Gasteiger partial charge in [-0.2, -0.15) is 11.8 Å². The molecule has 1 rings (SSSR count). The van der Waals surface area contributed by atoms with Gasteiger partial charge in [0.15, 0.2) is 0 Å². The molecule has 0 bridgehead atoms. The Bertz CT molecular complexity index is 186. The second-order valence-electron chi connectivity index (χ2n) is 2.19. The Morgan fingerprint density at radius 2 is 2.64 bits per heavy atom. The summed E-state index contributed by atoms with van der Waals surface area (Å²) < 4.78 is 0. The van der Waals surface area contributed by atoms with Crippen LogP contribution in [0.15, 0.2) is 17.5 Å². The van der Waals surface area contributed by atoms with E-state index in [0.717, 1.165) is 5.75 Å². The molecule has 11 heavy (non-hydrogen) atoms. The Kier molecular flexibility index (Phi) is 3.93. The Hall–Kier alpha value is -0.0300. The predicted molar refractivity (Wildman–Crippen MR) is 52.8 cm³/mol. The third-order valence-electron chi connectivity index (χ3n) is 1.42. The van der Waals surface area contributed by atoms with Crippen molar-refractivity contribution in [3.63, 3.8) is 0 Å². The zero-order chi connectivity index (χ0) is 8.10. The molecule has 0 saturated heterocycles. The highest BCUT2D eigenvalue weighted by atomic mass is 32.2. The van der Waals surface area contributed by atoms with E-state index in [-0.39, 0.29) is 0 Å². The van der Waals surface area contributed by atoms with E-state index < -0.39 is 0 Å². The summed E-state index contributed by atoms with van der Waals surface area (Å²) in [4.78, 5) is 1.31. The topological polar surface area (TPSA) is 38.0 Å². The van der Waals surface area contributed by atoms with Gasteiger partial charge in [0.25, 0.3) is 0 Å². The first-order valence-electron chi connectivity index (χ1n) is 3.37. The summed E-state index contributed by atoms with van der Waals surface area (Å²) in [5, 5.41) is 2.07. The van der Waals surface area contributed by atoms with Crippen LogP contribution in [0.2, 0.25) is 0 Å². The Balaban J connectivity index is 2.56. The maximum absolute atomic E-state index is 5.39. The lowest BCUT2D eigenvalue weighted by atomic mass is 10.3. The summed E-state index contributed by atoms with van der Waals surface area (Å²) in [5.41, 5.74) is 2.79. The fourth-order valence-corrected chi connectivity index (χ4v) is 2.37. The lowest BCUT2D eigenvalue weighted by molar-refractivity contribution is 0.621. The van der Waals surface area contributed by atoms with E-state index in [4.69, 9.17) is 5.84 Å². The van der Waals surface area contributed by atoms with Crippen LogP contribution in [0.4, 0.5) is 0 Å². The van der Waals surface area contributed by atoms with Crippen LogP contribution in [0.3, 0.4) is 0 Å². The van der Waals surface area contributed by atoms with Gasteiger partial charge in [0.1, 0.15) is 0 Å². The lowest BCUT2D eigenvalue weighted by Crippen LogP contribution is -2.28. The molecular weight excluding hydrogens is 176 g/mol. The van der Waals surface area contributed by atoms with E-state index in [0.29, 0.717) is 6.04 Å². The summed E-state index contributed by atoms with van der Waals surface area (Å²) in [5.74, 6) is 6.42. The molecule has 1 aromatic heterocycles. The largest absolute Gasteiger partial charge is 0.271 e. The molecule has 3 N–H and O–H groups in total. The van der Waals surface area contributed by atoms with Gasteiger partial charge in [0.05, 0.1) is 6.04 Å². The number of rotatable bonds is 4. The normalized spacial score (nSPS) is 13.3. The summed E-state index contributed by atoms with van der Waals surface area (Å²) in [7, 11) is 0. The van der Waals surface area contributed by atoms with E-state index in [2.05, 4.69) is 23.1 Å². The van der Waals surface area contributed by atoms with Crippen LogP contribution in [0, 0.1) is 0 Å². The standard InChI is InChI=1S/C7H12N2S2/c1-10-5-6(9-8)7-3-2-4-11-7/h2-4,6,9H,5,8H2,1H3. The first-order chi connectivity index (χ1) is 5.38. The quantitative estimate of drug-likeness (QED) is 0.557. The van der Waals surface area contributed by atoms with Crippen molar-refractivity contribution < 1.29 is 0 Å². The van der Waals surface area contributed by atoms with Crippen LogP contribution in [0.5, 0.6) is 0 Å². The number of thiophene rings is 1. The number of hydrogen-bond acceptors (Lipinski definition) is 4. The van der Waals surface area contributed by atoms with Crippen molar-refractivity contribution >= 4 is 23.1 Å². The molecule has 0 amide bonds. The molecule has 0 aromatic carbocycles. The fourth-order valence-electron chi connectivity index (χ4n) is 0.869. The molecule has 0 aliphatic rings. The Morgan fingerprint density at radius 3 is 3.09 bits per heavy atom. The van der Waals surface area contributed by atoms with Crippen molar-refractivity contribution in [3.05, 3.63) is 22.4 Å². The van der Waals surface area contributed by atoms with Gasteiger partial charge in [-0.1, -0.05) is 6.07 Å². The van der Waals surface area contributed by atoms with E-state index in [1.54, 1.807) is 23.1 Å². The number of nitrogens with one attached hydrogen (secondary N) is 1. The average Bonchev–Trinajstić information content (AvgIpc) is 2.52. The average molecular weight is 188 g/mol. The molecule has 0 fully saturated rings. The first kappa shape index (κ1) is 9.06. The molecule has 0 saturated carbocycles. The van der Waals surface area contributed by atoms with Crippen LogP contribution in [0.25, 0.3) is 0 Å². The van der Waals surface area contributed by atoms with Gasteiger partial charge < -0.3 is 0 Å². The smallest absolute Gasteiger partial charge is 0.0643 e. The molecule has 1 unspecified atom stereocenters. The molecule has 2 nitrogen and oxygen atoms in total. The fraction of sp³-hybridized carbons (Fsp3) is 0.429. The number of hydrazine groups is 1. The van der Waals surface area contributed by atoms with Crippen molar-refractivity contribution in [2.45, 2.75) is 6.04 Å². The summed E-state index contributed by atoms with van der Waals surface area (Å²) in [6.45, 7) is 0. The molecule has 1 atom stereocenters. The summed E-state index contributed by atoms with van der Waals surface area (Å²) >= 11 is 3.54. The SMILES string of the molecule is CSCC(NN)c1cccs1. The summed E-state index contributed by atoms with van der Waals surface area (Å²) in [6.07, 6.45) is 2.08. The highest BCUT2D eigenvalue weighted by Gasteiger charge is 2.08. The minimum Gasteiger partial charge on any atom is -0.271 e. The number of thioether (sulfide) groups is 1. The zero-order valence-electron chi connectivity index (χ0n) is 6.41. The van der Waals surface area contributed by atoms with Crippen LogP contribution in [-0.4, -0.2) is 12.0 Å². The van der Waals surface area contributed by atoms with Crippen molar-refractivity contribution in [2.75, 3.05) is 12.0 Å². The second-order valence-corrected chi connectivity index (χ2v) is 4.08. The maximum Gasteiger partial charge on any atom is 0.0643 e. The summed E-state index contributed by atoms with van der Waals surface area (Å²) in [6, 6.07) is 4.46. The molecule has 62 valence electrons. The van der Waals surface area contributed by atoms with Crippen LogP contribution in [-0.2, 0) is 0 Å². The van der Waals surface area contributed by atoms with Crippen molar-refractivity contribution in [1.29, 1.82) is 0 Å². The van der Waals surface area contributed by atoms with Crippen molar-refractivity contribution in [2.24, 2.45) is 5.84 Å². The van der Waals surface area contributed by atoms with Crippen molar-refractivity contribution in [1.82, 2.24) is 5.43 Å². The lowest BCUT2D eigenvalue weighted by Gasteiger charge is -2.11. The third-order valence-corrected chi connectivity index (χ3v) is 3.07. The molecule has 0 aliphatic heterocycles.